The van der Waals surface area contributed by atoms with Gasteiger partial charge in [-0.25, -0.2) is 0 Å². The Morgan fingerprint density at radius 2 is 2.08 bits per heavy atom. The fraction of sp³-hybridized carbons (Fsp3) is 0.316. The van der Waals surface area contributed by atoms with Gasteiger partial charge >= 0.3 is 0 Å². The zero-order valence-corrected chi connectivity index (χ0v) is 13.9. The van der Waals surface area contributed by atoms with Crippen molar-refractivity contribution < 1.29 is 9.53 Å². The first-order valence-electron chi connectivity index (χ1n) is 8.17. The summed E-state index contributed by atoms with van der Waals surface area (Å²) < 4.78 is 5.67. The molecule has 1 atom stereocenters. The molecule has 2 aromatic rings. The molecule has 0 radical (unpaired) electrons. The topological polar surface area (TPSA) is 67.6 Å². The van der Waals surface area contributed by atoms with Crippen LogP contribution in [0.2, 0.25) is 0 Å². The van der Waals surface area contributed by atoms with Gasteiger partial charge in [0, 0.05) is 31.0 Å². The Bertz CT molecular complexity index is 703. The van der Waals surface area contributed by atoms with E-state index in [-0.39, 0.29) is 5.91 Å². The number of aryl methyl sites for hydroxylation is 1. The van der Waals surface area contributed by atoms with E-state index in [1.54, 1.807) is 6.07 Å². The van der Waals surface area contributed by atoms with Crippen LogP contribution in [0.5, 0.6) is 0 Å². The summed E-state index contributed by atoms with van der Waals surface area (Å²) in [6, 6.07) is 15.8. The monoisotopic (exact) mass is 325 g/mol. The van der Waals surface area contributed by atoms with Crippen molar-refractivity contribution in [1.82, 2.24) is 4.90 Å². The van der Waals surface area contributed by atoms with Crippen LogP contribution >= 0.6 is 0 Å². The van der Waals surface area contributed by atoms with Crippen molar-refractivity contribution in [2.45, 2.75) is 19.6 Å². The second-order valence-corrected chi connectivity index (χ2v) is 6.14. The normalized spacial score (nSPS) is 18.3. The number of morpholine rings is 1. The fourth-order valence-corrected chi connectivity index (χ4v) is 2.83. The van der Waals surface area contributed by atoms with Crippen molar-refractivity contribution in [3.8, 4) is 0 Å². The highest BCUT2D eigenvalue weighted by molar-refractivity contribution is 5.95. The van der Waals surface area contributed by atoms with Crippen LogP contribution in [-0.4, -0.2) is 36.6 Å². The standard InChI is InChI=1S/C19H23N3O2/c1-14-7-8-16(20)11-17(14)21-19(23)18-13-22(9-10-24-18)12-15-5-3-2-4-6-15/h2-8,11,18H,9-10,12-13,20H2,1H3,(H,21,23). The predicted molar refractivity (Wildman–Crippen MR) is 95.7 cm³/mol. The molecule has 0 aliphatic carbocycles. The second-order valence-electron chi connectivity index (χ2n) is 6.14. The lowest BCUT2D eigenvalue weighted by Crippen LogP contribution is -2.47. The maximum Gasteiger partial charge on any atom is 0.254 e. The molecule has 1 heterocycles. The highest BCUT2D eigenvalue weighted by atomic mass is 16.5. The maximum absolute atomic E-state index is 12.5. The molecule has 1 amide bonds. The molecule has 1 unspecified atom stereocenters. The van der Waals surface area contributed by atoms with Crippen LogP contribution in [0, 0.1) is 6.92 Å². The summed E-state index contributed by atoms with van der Waals surface area (Å²) in [4.78, 5) is 14.8. The summed E-state index contributed by atoms with van der Waals surface area (Å²) in [6.45, 7) is 4.74. The lowest BCUT2D eigenvalue weighted by Gasteiger charge is -2.32. The first kappa shape index (κ1) is 16.5. The van der Waals surface area contributed by atoms with Crippen LogP contribution in [0.15, 0.2) is 48.5 Å². The van der Waals surface area contributed by atoms with Crippen LogP contribution in [0.1, 0.15) is 11.1 Å². The fourth-order valence-electron chi connectivity index (χ4n) is 2.83. The van der Waals surface area contributed by atoms with E-state index < -0.39 is 6.10 Å². The summed E-state index contributed by atoms with van der Waals surface area (Å²) in [7, 11) is 0. The predicted octanol–water partition coefficient (Wildman–Crippen LogP) is 2.42. The number of hydrogen-bond acceptors (Lipinski definition) is 4. The quantitative estimate of drug-likeness (QED) is 0.847. The summed E-state index contributed by atoms with van der Waals surface area (Å²) in [5.41, 5.74) is 9.39. The van der Waals surface area contributed by atoms with Gasteiger partial charge in [0.1, 0.15) is 6.10 Å². The molecule has 3 rings (SSSR count). The van der Waals surface area contributed by atoms with E-state index >= 15 is 0 Å². The average molecular weight is 325 g/mol. The van der Waals surface area contributed by atoms with Crippen molar-refractivity contribution in [3.63, 3.8) is 0 Å². The second kappa shape index (κ2) is 7.47. The van der Waals surface area contributed by atoms with Gasteiger partial charge in [-0.2, -0.15) is 0 Å². The molecule has 0 aromatic heterocycles. The maximum atomic E-state index is 12.5. The number of rotatable bonds is 4. The van der Waals surface area contributed by atoms with Gasteiger partial charge in [0.05, 0.1) is 6.61 Å². The molecule has 5 nitrogen and oxygen atoms in total. The third-order valence-electron chi connectivity index (χ3n) is 4.21. The Hall–Kier alpha value is -2.37. The van der Waals surface area contributed by atoms with Crippen LogP contribution in [0.25, 0.3) is 0 Å². The van der Waals surface area contributed by atoms with Crippen LogP contribution in [-0.2, 0) is 16.1 Å². The Balaban J connectivity index is 1.61. The van der Waals surface area contributed by atoms with Crippen LogP contribution in [0.3, 0.4) is 0 Å². The minimum atomic E-state index is -0.469. The van der Waals surface area contributed by atoms with Crippen molar-refractivity contribution in [2.24, 2.45) is 0 Å². The van der Waals surface area contributed by atoms with E-state index in [9.17, 15) is 4.79 Å². The van der Waals surface area contributed by atoms with Crippen molar-refractivity contribution in [3.05, 3.63) is 59.7 Å². The zero-order chi connectivity index (χ0) is 16.9. The highest BCUT2D eigenvalue weighted by Gasteiger charge is 2.27. The molecule has 1 fully saturated rings. The molecule has 2 aromatic carbocycles. The first-order chi connectivity index (χ1) is 11.6. The van der Waals surface area contributed by atoms with Crippen molar-refractivity contribution in [1.29, 1.82) is 0 Å². The Labute approximate surface area is 142 Å². The van der Waals surface area contributed by atoms with Gasteiger partial charge in [0.25, 0.3) is 5.91 Å². The van der Waals surface area contributed by atoms with E-state index in [0.29, 0.717) is 18.8 Å². The number of ether oxygens (including phenoxy) is 1. The number of benzene rings is 2. The van der Waals surface area contributed by atoms with E-state index in [4.69, 9.17) is 10.5 Å². The average Bonchev–Trinajstić information content (AvgIpc) is 2.59. The molecule has 3 N–H and O–H groups in total. The number of nitrogen functional groups attached to an aromatic ring is 1. The molecule has 0 saturated carbocycles. The minimum Gasteiger partial charge on any atom is -0.399 e. The van der Waals surface area contributed by atoms with E-state index in [0.717, 1.165) is 24.3 Å². The van der Waals surface area contributed by atoms with E-state index in [1.165, 1.54) is 5.56 Å². The van der Waals surface area contributed by atoms with Gasteiger partial charge in [-0.1, -0.05) is 36.4 Å². The van der Waals surface area contributed by atoms with Gasteiger partial charge in [0.2, 0.25) is 0 Å². The molecule has 1 aliphatic rings. The van der Waals surface area contributed by atoms with Gasteiger partial charge in [-0.3, -0.25) is 9.69 Å². The third-order valence-corrected chi connectivity index (χ3v) is 4.21. The summed E-state index contributed by atoms with van der Waals surface area (Å²) in [5, 5.41) is 2.93. The molecular formula is C19H23N3O2. The number of carbonyl (C=O) groups is 1. The van der Waals surface area contributed by atoms with Crippen LogP contribution < -0.4 is 11.1 Å². The molecule has 126 valence electrons. The van der Waals surface area contributed by atoms with E-state index in [1.807, 2.05) is 37.3 Å². The van der Waals surface area contributed by atoms with Crippen molar-refractivity contribution >= 4 is 17.3 Å². The molecule has 0 bridgehead atoms. The smallest absolute Gasteiger partial charge is 0.254 e. The van der Waals surface area contributed by atoms with Gasteiger partial charge in [0.15, 0.2) is 0 Å². The lowest BCUT2D eigenvalue weighted by atomic mass is 10.1. The SMILES string of the molecule is Cc1ccc(N)cc1NC(=O)C1CN(Cc2ccccc2)CCO1. The molecule has 5 heteroatoms. The van der Waals surface area contributed by atoms with E-state index in [2.05, 4.69) is 22.3 Å². The molecule has 1 saturated heterocycles. The first-order valence-corrected chi connectivity index (χ1v) is 8.17. The van der Waals surface area contributed by atoms with Crippen LogP contribution in [0.4, 0.5) is 11.4 Å². The van der Waals surface area contributed by atoms with Crippen molar-refractivity contribution in [2.75, 3.05) is 30.7 Å². The minimum absolute atomic E-state index is 0.124. The van der Waals surface area contributed by atoms with Gasteiger partial charge < -0.3 is 15.8 Å². The molecular weight excluding hydrogens is 302 g/mol. The number of amides is 1. The Morgan fingerprint density at radius 1 is 1.29 bits per heavy atom. The number of carbonyl (C=O) groups excluding carboxylic acids is 1. The zero-order valence-electron chi connectivity index (χ0n) is 13.9. The summed E-state index contributed by atoms with van der Waals surface area (Å²) in [6.07, 6.45) is -0.469. The van der Waals surface area contributed by atoms with Gasteiger partial charge in [-0.15, -0.1) is 0 Å². The number of nitrogens with two attached hydrogens (primary N) is 1. The molecule has 24 heavy (non-hydrogen) atoms. The third kappa shape index (κ3) is 4.13. The number of nitrogens with one attached hydrogen (secondary N) is 1. The largest absolute Gasteiger partial charge is 0.399 e. The molecule has 1 aliphatic heterocycles. The Kier molecular flexibility index (Phi) is 5.13. The summed E-state index contributed by atoms with van der Waals surface area (Å²) in [5.74, 6) is -0.124. The number of anilines is 2. The molecule has 0 spiro atoms. The summed E-state index contributed by atoms with van der Waals surface area (Å²) >= 11 is 0. The number of nitrogens with zero attached hydrogens (tertiary/aromatic N) is 1. The lowest BCUT2D eigenvalue weighted by molar-refractivity contribution is -0.133. The van der Waals surface area contributed by atoms with Gasteiger partial charge in [-0.05, 0) is 30.2 Å². The number of hydrogen-bond donors (Lipinski definition) is 2. The Morgan fingerprint density at radius 3 is 2.88 bits per heavy atom. The highest BCUT2D eigenvalue weighted by Crippen LogP contribution is 2.19.